The molecule has 0 radical (unpaired) electrons. The van der Waals surface area contributed by atoms with Crippen molar-refractivity contribution < 1.29 is 9.59 Å². The van der Waals surface area contributed by atoms with E-state index >= 15 is 0 Å². The Kier molecular flexibility index (Phi) is 6.55. The van der Waals surface area contributed by atoms with Crippen molar-refractivity contribution in [3.05, 3.63) is 28.7 Å². The van der Waals surface area contributed by atoms with Crippen LogP contribution in [-0.4, -0.2) is 27.3 Å². The number of aromatic nitrogens is 2. The second-order valence-electron chi connectivity index (χ2n) is 4.57. The van der Waals surface area contributed by atoms with Crippen LogP contribution in [0.25, 0.3) is 0 Å². The molecule has 0 saturated carbocycles. The Morgan fingerprint density at radius 2 is 1.96 bits per heavy atom. The number of hydrogen-bond donors (Lipinski definition) is 2. The van der Waals surface area contributed by atoms with Crippen molar-refractivity contribution in [1.82, 2.24) is 10.2 Å². The summed E-state index contributed by atoms with van der Waals surface area (Å²) < 4.78 is 1.60. The summed E-state index contributed by atoms with van der Waals surface area (Å²) in [7, 11) is 0. The number of anilines is 2. The van der Waals surface area contributed by atoms with Gasteiger partial charge in [-0.1, -0.05) is 46.0 Å². The van der Waals surface area contributed by atoms with Gasteiger partial charge in [0.15, 0.2) is 4.34 Å². The van der Waals surface area contributed by atoms with E-state index in [1.807, 2.05) is 31.2 Å². The first-order chi connectivity index (χ1) is 11.0. The molecule has 0 aliphatic rings. The first-order valence-electron chi connectivity index (χ1n) is 6.82. The zero-order valence-electron chi connectivity index (χ0n) is 12.5. The van der Waals surface area contributed by atoms with Crippen LogP contribution in [0.1, 0.15) is 20.3 Å². The van der Waals surface area contributed by atoms with Crippen LogP contribution < -0.4 is 10.6 Å². The summed E-state index contributed by atoms with van der Waals surface area (Å²) in [4.78, 5) is 23.4. The molecule has 1 aromatic carbocycles. The number of hydrogen-bond acceptors (Lipinski definition) is 6. The van der Waals surface area contributed by atoms with Crippen LogP contribution in [0, 0.1) is 0 Å². The highest BCUT2D eigenvalue weighted by Crippen LogP contribution is 2.31. The molecule has 2 amide bonds. The molecule has 0 aliphatic carbocycles. The van der Waals surface area contributed by atoms with Gasteiger partial charge in [0.05, 0.1) is 5.25 Å². The molecule has 1 atom stereocenters. The predicted octanol–water partition coefficient (Wildman–Crippen LogP) is 3.77. The maximum absolute atomic E-state index is 12.4. The van der Waals surface area contributed by atoms with E-state index in [4.69, 9.17) is 0 Å². The molecule has 1 aromatic heterocycles. The SMILES string of the molecule is CC[C@H](Sc1nnc(NC(C)=O)s1)C(=O)Nc1ccc(Br)cc1. The number of halogens is 1. The van der Waals surface area contributed by atoms with Crippen molar-refractivity contribution in [1.29, 1.82) is 0 Å². The molecule has 0 saturated heterocycles. The molecule has 0 spiro atoms. The topological polar surface area (TPSA) is 84.0 Å². The Bertz CT molecular complexity index is 690. The fraction of sp³-hybridized carbons (Fsp3) is 0.286. The minimum Gasteiger partial charge on any atom is -0.325 e. The average Bonchev–Trinajstić information content (AvgIpc) is 2.93. The summed E-state index contributed by atoms with van der Waals surface area (Å²) in [5.41, 5.74) is 0.744. The lowest BCUT2D eigenvalue weighted by Crippen LogP contribution is -2.24. The van der Waals surface area contributed by atoms with E-state index in [0.29, 0.717) is 15.9 Å². The lowest BCUT2D eigenvalue weighted by molar-refractivity contribution is -0.116. The molecule has 0 fully saturated rings. The summed E-state index contributed by atoms with van der Waals surface area (Å²) in [6.45, 7) is 3.35. The highest BCUT2D eigenvalue weighted by Gasteiger charge is 2.20. The van der Waals surface area contributed by atoms with E-state index in [0.717, 1.165) is 10.2 Å². The monoisotopic (exact) mass is 414 g/mol. The Balaban J connectivity index is 1.98. The summed E-state index contributed by atoms with van der Waals surface area (Å²) >= 11 is 5.95. The van der Waals surface area contributed by atoms with Gasteiger partial charge in [-0.3, -0.25) is 9.59 Å². The van der Waals surface area contributed by atoms with Gasteiger partial charge in [-0.2, -0.15) is 0 Å². The quantitative estimate of drug-likeness (QED) is 0.554. The second kappa shape index (κ2) is 8.42. The molecule has 0 bridgehead atoms. The summed E-state index contributed by atoms with van der Waals surface area (Å²) in [6.07, 6.45) is 0.655. The molecular formula is C14H15BrN4O2S2. The third-order valence-corrected chi connectivity index (χ3v) is 5.52. The average molecular weight is 415 g/mol. The smallest absolute Gasteiger partial charge is 0.237 e. The lowest BCUT2D eigenvalue weighted by atomic mass is 10.3. The normalized spacial score (nSPS) is 11.8. The standard InChI is InChI=1S/C14H15BrN4O2S2/c1-3-11(12(21)17-10-6-4-9(15)5-7-10)22-14-19-18-13(23-14)16-8(2)20/h4-7,11H,3H2,1-2H3,(H,17,21)(H,16,18,20)/t11-/m0/s1. The Labute approximate surface area is 150 Å². The number of amides is 2. The maximum atomic E-state index is 12.4. The first kappa shape index (κ1) is 17.9. The fourth-order valence-electron chi connectivity index (χ4n) is 1.66. The van der Waals surface area contributed by atoms with Gasteiger partial charge in [0.1, 0.15) is 0 Å². The Morgan fingerprint density at radius 1 is 1.26 bits per heavy atom. The summed E-state index contributed by atoms with van der Waals surface area (Å²) in [5.74, 6) is -0.283. The molecule has 9 heteroatoms. The molecular weight excluding hydrogens is 400 g/mol. The Hall–Kier alpha value is -1.45. The predicted molar refractivity (Wildman–Crippen MR) is 96.9 cm³/mol. The van der Waals surface area contributed by atoms with E-state index in [2.05, 4.69) is 36.8 Å². The first-order valence-corrected chi connectivity index (χ1v) is 9.31. The maximum Gasteiger partial charge on any atom is 0.237 e. The van der Waals surface area contributed by atoms with Crippen molar-refractivity contribution in [3.8, 4) is 0 Å². The molecule has 2 rings (SSSR count). The molecule has 2 N–H and O–H groups in total. The molecule has 6 nitrogen and oxygen atoms in total. The number of carbonyl (C=O) groups is 2. The van der Waals surface area contributed by atoms with Crippen LogP contribution in [-0.2, 0) is 9.59 Å². The van der Waals surface area contributed by atoms with Gasteiger partial charge in [0, 0.05) is 17.1 Å². The minimum absolute atomic E-state index is 0.0869. The molecule has 122 valence electrons. The second-order valence-corrected chi connectivity index (χ2v) is 7.91. The van der Waals surface area contributed by atoms with Crippen LogP contribution in [0.15, 0.2) is 33.1 Å². The summed E-state index contributed by atoms with van der Waals surface area (Å²) in [5, 5.41) is 13.5. The number of rotatable bonds is 6. The van der Waals surface area contributed by atoms with Gasteiger partial charge in [-0.05, 0) is 30.7 Å². The van der Waals surface area contributed by atoms with Crippen molar-refractivity contribution in [2.24, 2.45) is 0 Å². The van der Waals surface area contributed by atoms with Crippen LogP contribution in [0.2, 0.25) is 0 Å². The fourth-order valence-corrected chi connectivity index (χ4v) is 3.89. The van der Waals surface area contributed by atoms with Crippen molar-refractivity contribution in [2.45, 2.75) is 29.9 Å². The van der Waals surface area contributed by atoms with Crippen molar-refractivity contribution in [2.75, 3.05) is 10.6 Å². The Morgan fingerprint density at radius 3 is 2.57 bits per heavy atom. The van der Waals surface area contributed by atoms with Crippen LogP contribution in [0.4, 0.5) is 10.8 Å². The van der Waals surface area contributed by atoms with Gasteiger partial charge in [-0.25, -0.2) is 0 Å². The molecule has 0 aliphatic heterocycles. The van der Waals surface area contributed by atoms with Crippen LogP contribution in [0.5, 0.6) is 0 Å². The zero-order valence-corrected chi connectivity index (χ0v) is 15.7. The molecule has 2 aromatic rings. The van der Waals surface area contributed by atoms with Crippen LogP contribution in [0.3, 0.4) is 0 Å². The zero-order chi connectivity index (χ0) is 16.8. The highest BCUT2D eigenvalue weighted by molar-refractivity contribution is 9.10. The highest BCUT2D eigenvalue weighted by atomic mass is 79.9. The lowest BCUT2D eigenvalue weighted by Gasteiger charge is -2.13. The molecule has 1 heterocycles. The number of thioether (sulfide) groups is 1. The van der Waals surface area contributed by atoms with E-state index in [1.54, 1.807) is 0 Å². The van der Waals surface area contributed by atoms with E-state index in [-0.39, 0.29) is 17.1 Å². The summed E-state index contributed by atoms with van der Waals surface area (Å²) in [6, 6.07) is 7.40. The van der Waals surface area contributed by atoms with Gasteiger partial charge >= 0.3 is 0 Å². The van der Waals surface area contributed by atoms with Crippen molar-refractivity contribution >= 4 is 61.7 Å². The number of nitrogens with zero attached hydrogens (tertiary/aromatic N) is 2. The van der Waals surface area contributed by atoms with E-state index < -0.39 is 0 Å². The molecule has 0 unspecified atom stereocenters. The van der Waals surface area contributed by atoms with E-state index in [1.165, 1.54) is 30.0 Å². The van der Waals surface area contributed by atoms with Gasteiger partial charge < -0.3 is 10.6 Å². The van der Waals surface area contributed by atoms with Crippen LogP contribution >= 0.6 is 39.0 Å². The number of benzene rings is 1. The third-order valence-electron chi connectivity index (χ3n) is 2.71. The van der Waals surface area contributed by atoms with Crippen molar-refractivity contribution in [3.63, 3.8) is 0 Å². The molecule has 23 heavy (non-hydrogen) atoms. The van der Waals surface area contributed by atoms with E-state index in [9.17, 15) is 9.59 Å². The largest absolute Gasteiger partial charge is 0.325 e. The van der Waals surface area contributed by atoms with Gasteiger partial charge in [-0.15, -0.1) is 10.2 Å². The number of carbonyl (C=O) groups excluding carboxylic acids is 2. The van der Waals surface area contributed by atoms with Gasteiger partial charge in [0.25, 0.3) is 0 Å². The third kappa shape index (κ3) is 5.60. The number of nitrogens with one attached hydrogen (secondary N) is 2. The van der Waals surface area contributed by atoms with Gasteiger partial charge in [0.2, 0.25) is 16.9 Å². The minimum atomic E-state index is -0.281.